The third kappa shape index (κ3) is 5.17. The second kappa shape index (κ2) is 4.04. The summed E-state index contributed by atoms with van der Waals surface area (Å²) in [4.78, 5) is 0. The van der Waals surface area contributed by atoms with Crippen LogP contribution >= 0.6 is 0 Å². The Bertz CT molecular complexity index is 195. The van der Waals surface area contributed by atoms with Gasteiger partial charge in [0.15, 0.2) is 0 Å². The molecule has 1 N–H and O–H groups in total. The molecule has 0 amide bonds. The molecule has 0 rings (SSSR count). The molecule has 0 fully saturated rings. The molecule has 0 saturated carbocycles. The molecule has 0 radical (unpaired) electrons. The standard InChI is InChI=1S/C6H14O4S/c1-5(2)6(10-3)4-11(7,8)9/h5-6H,4H2,1-3H3,(H,7,8,9). The van der Waals surface area contributed by atoms with Crippen molar-refractivity contribution >= 4 is 10.1 Å². The Balaban J connectivity index is 4.10. The lowest BCUT2D eigenvalue weighted by atomic mass is 10.1. The number of hydrogen-bond donors (Lipinski definition) is 1. The van der Waals surface area contributed by atoms with Crippen LogP contribution in [0.25, 0.3) is 0 Å². The molecule has 11 heavy (non-hydrogen) atoms. The molecule has 0 aliphatic heterocycles. The molecule has 0 bridgehead atoms. The van der Waals surface area contributed by atoms with Gasteiger partial charge < -0.3 is 4.74 Å². The van der Waals surface area contributed by atoms with Crippen LogP contribution in [0.15, 0.2) is 0 Å². The van der Waals surface area contributed by atoms with Crippen molar-refractivity contribution < 1.29 is 17.7 Å². The van der Waals surface area contributed by atoms with Gasteiger partial charge in [0.1, 0.15) is 5.75 Å². The minimum atomic E-state index is -3.91. The number of ether oxygens (including phenoxy) is 1. The van der Waals surface area contributed by atoms with E-state index in [0.717, 1.165) is 0 Å². The quantitative estimate of drug-likeness (QED) is 0.645. The average molecular weight is 182 g/mol. The Labute approximate surface area is 67.3 Å². The van der Waals surface area contributed by atoms with Crippen molar-refractivity contribution in [3.8, 4) is 0 Å². The minimum Gasteiger partial charge on any atom is -0.380 e. The second-order valence-corrected chi connectivity index (χ2v) is 4.26. The molecular formula is C6H14O4S. The van der Waals surface area contributed by atoms with E-state index in [1.165, 1.54) is 7.11 Å². The lowest BCUT2D eigenvalue weighted by molar-refractivity contribution is 0.0816. The highest BCUT2D eigenvalue weighted by Gasteiger charge is 2.19. The van der Waals surface area contributed by atoms with Crippen LogP contribution in [0, 0.1) is 5.92 Å². The van der Waals surface area contributed by atoms with Crippen LogP contribution in [0.2, 0.25) is 0 Å². The van der Waals surface area contributed by atoms with Gasteiger partial charge in [0.05, 0.1) is 6.10 Å². The van der Waals surface area contributed by atoms with Gasteiger partial charge in [-0.3, -0.25) is 4.55 Å². The van der Waals surface area contributed by atoms with Crippen LogP contribution in [0.4, 0.5) is 0 Å². The van der Waals surface area contributed by atoms with Gasteiger partial charge in [0.25, 0.3) is 10.1 Å². The zero-order valence-corrected chi connectivity index (χ0v) is 7.76. The summed E-state index contributed by atoms with van der Waals surface area (Å²) >= 11 is 0. The molecule has 0 aromatic heterocycles. The molecule has 1 atom stereocenters. The van der Waals surface area contributed by atoms with Gasteiger partial charge in [-0.05, 0) is 5.92 Å². The van der Waals surface area contributed by atoms with Crippen molar-refractivity contribution in [2.45, 2.75) is 20.0 Å². The molecule has 0 aromatic carbocycles. The third-order valence-corrected chi connectivity index (χ3v) is 2.17. The van der Waals surface area contributed by atoms with E-state index in [2.05, 4.69) is 0 Å². The van der Waals surface area contributed by atoms with E-state index >= 15 is 0 Å². The first kappa shape index (κ1) is 10.9. The molecule has 5 heteroatoms. The van der Waals surface area contributed by atoms with Gasteiger partial charge in [-0.2, -0.15) is 8.42 Å². The molecular weight excluding hydrogens is 168 g/mol. The van der Waals surface area contributed by atoms with Gasteiger partial charge in [-0.15, -0.1) is 0 Å². The van der Waals surface area contributed by atoms with Crippen LogP contribution in [0.1, 0.15) is 13.8 Å². The average Bonchev–Trinajstić information content (AvgIpc) is 1.80. The maximum absolute atomic E-state index is 10.4. The number of hydrogen-bond acceptors (Lipinski definition) is 3. The summed E-state index contributed by atoms with van der Waals surface area (Å²) in [5.41, 5.74) is 0. The SMILES string of the molecule is COC(CS(=O)(=O)O)C(C)C. The Hall–Kier alpha value is -0.130. The molecule has 0 spiro atoms. The van der Waals surface area contributed by atoms with Crippen LogP contribution in [0.3, 0.4) is 0 Å². The molecule has 0 aliphatic carbocycles. The minimum absolute atomic E-state index is 0.0851. The highest BCUT2D eigenvalue weighted by Crippen LogP contribution is 2.07. The molecule has 68 valence electrons. The van der Waals surface area contributed by atoms with Crippen LogP contribution in [-0.2, 0) is 14.9 Å². The fraction of sp³-hybridized carbons (Fsp3) is 1.00. The topological polar surface area (TPSA) is 63.6 Å². The van der Waals surface area contributed by atoms with E-state index in [-0.39, 0.29) is 11.7 Å². The molecule has 1 unspecified atom stereocenters. The predicted octanol–water partition coefficient (Wildman–Crippen LogP) is 0.545. The third-order valence-electron chi connectivity index (χ3n) is 1.42. The fourth-order valence-electron chi connectivity index (χ4n) is 0.740. The number of methoxy groups -OCH3 is 1. The number of rotatable bonds is 4. The summed E-state index contributed by atoms with van der Waals surface area (Å²) < 4.78 is 34.1. The maximum Gasteiger partial charge on any atom is 0.267 e. The summed E-state index contributed by atoms with van der Waals surface area (Å²) in [6, 6.07) is 0. The van der Waals surface area contributed by atoms with Crippen molar-refractivity contribution in [1.82, 2.24) is 0 Å². The van der Waals surface area contributed by atoms with E-state index in [0.29, 0.717) is 0 Å². The van der Waals surface area contributed by atoms with Crippen LogP contribution < -0.4 is 0 Å². The van der Waals surface area contributed by atoms with Gasteiger partial charge >= 0.3 is 0 Å². The summed E-state index contributed by atoms with van der Waals surface area (Å²) in [7, 11) is -2.48. The molecule has 0 saturated heterocycles. The van der Waals surface area contributed by atoms with Crippen LogP contribution in [0.5, 0.6) is 0 Å². The first-order valence-electron chi connectivity index (χ1n) is 3.34. The zero-order valence-electron chi connectivity index (χ0n) is 6.94. The van der Waals surface area contributed by atoms with Crippen LogP contribution in [-0.4, -0.2) is 31.9 Å². The Morgan fingerprint density at radius 1 is 1.45 bits per heavy atom. The fourth-order valence-corrected chi connectivity index (χ4v) is 1.68. The normalized spacial score (nSPS) is 15.4. The van der Waals surface area contributed by atoms with Crippen molar-refractivity contribution in [3.05, 3.63) is 0 Å². The Kier molecular flexibility index (Phi) is 3.99. The van der Waals surface area contributed by atoms with Gasteiger partial charge in [0.2, 0.25) is 0 Å². The van der Waals surface area contributed by atoms with Crippen molar-refractivity contribution in [2.24, 2.45) is 5.92 Å². The van der Waals surface area contributed by atoms with E-state index in [1.807, 2.05) is 13.8 Å². The van der Waals surface area contributed by atoms with Crippen molar-refractivity contribution in [2.75, 3.05) is 12.9 Å². The highest BCUT2D eigenvalue weighted by molar-refractivity contribution is 7.85. The molecule has 0 heterocycles. The summed E-state index contributed by atoms with van der Waals surface area (Å²) in [5, 5.41) is 0. The molecule has 4 nitrogen and oxygen atoms in total. The lowest BCUT2D eigenvalue weighted by Gasteiger charge is -2.16. The van der Waals surface area contributed by atoms with Gasteiger partial charge in [0, 0.05) is 7.11 Å². The Morgan fingerprint density at radius 3 is 2.00 bits per heavy atom. The first-order valence-corrected chi connectivity index (χ1v) is 4.95. The second-order valence-electron chi connectivity index (χ2n) is 2.77. The highest BCUT2D eigenvalue weighted by atomic mass is 32.2. The zero-order chi connectivity index (χ0) is 9.07. The van der Waals surface area contributed by atoms with E-state index in [1.54, 1.807) is 0 Å². The molecule has 0 aromatic rings. The van der Waals surface area contributed by atoms with E-state index in [9.17, 15) is 8.42 Å². The van der Waals surface area contributed by atoms with Crippen molar-refractivity contribution in [3.63, 3.8) is 0 Å². The summed E-state index contributed by atoms with van der Waals surface area (Å²) in [6.45, 7) is 3.67. The van der Waals surface area contributed by atoms with Gasteiger partial charge in [-0.25, -0.2) is 0 Å². The van der Waals surface area contributed by atoms with E-state index in [4.69, 9.17) is 9.29 Å². The maximum atomic E-state index is 10.4. The monoisotopic (exact) mass is 182 g/mol. The first-order chi connectivity index (χ1) is 4.87. The summed E-state index contributed by atoms with van der Waals surface area (Å²) in [6.07, 6.45) is -0.426. The van der Waals surface area contributed by atoms with Gasteiger partial charge in [-0.1, -0.05) is 13.8 Å². The lowest BCUT2D eigenvalue weighted by Crippen LogP contribution is -2.27. The Morgan fingerprint density at radius 2 is 1.91 bits per heavy atom. The van der Waals surface area contributed by atoms with E-state index < -0.39 is 16.2 Å². The van der Waals surface area contributed by atoms with Crippen molar-refractivity contribution in [1.29, 1.82) is 0 Å². The molecule has 0 aliphatic rings. The summed E-state index contributed by atoms with van der Waals surface area (Å²) in [5.74, 6) is -0.247. The largest absolute Gasteiger partial charge is 0.380 e. The smallest absolute Gasteiger partial charge is 0.267 e. The predicted molar refractivity (Wildman–Crippen MR) is 42.1 cm³/mol.